The van der Waals surface area contributed by atoms with Gasteiger partial charge in [0, 0.05) is 0 Å². The fourth-order valence-corrected chi connectivity index (χ4v) is 16.4. The summed E-state index contributed by atoms with van der Waals surface area (Å²) in [5.74, 6) is -3.27. The van der Waals surface area contributed by atoms with Gasteiger partial charge in [-0.15, -0.1) is 0 Å². The summed E-state index contributed by atoms with van der Waals surface area (Å²) in [6.45, 7) is 6.40. The third kappa shape index (κ3) is 16.7. The normalized spacial score (nSPS) is 22.6. The number of hydrogen-bond donors (Lipinski definition) is 2. The van der Waals surface area contributed by atoms with Crippen LogP contribution in [0.2, 0.25) is 5.04 Å². The Morgan fingerprint density at radius 3 is 1.29 bits per heavy atom. The Kier molecular flexibility index (Phi) is 23.6. The lowest BCUT2D eigenvalue weighted by Gasteiger charge is -2.49. The van der Waals surface area contributed by atoms with Gasteiger partial charge in [-0.1, -0.05) is 263 Å². The molecule has 0 spiro atoms. The monoisotopic (exact) mass is 1240 g/mol. The van der Waals surface area contributed by atoms with Gasteiger partial charge in [-0.3, -0.25) is 0 Å². The number of methoxy groups -OCH3 is 1. The van der Waals surface area contributed by atoms with Crippen molar-refractivity contribution in [2.75, 3.05) is 27.1 Å². The van der Waals surface area contributed by atoms with Gasteiger partial charge in [0.15, 0.2) is 12.4 Å². The van der Waals surface area contributed by atoms with E-state index in [2.05, 4.69) is 45.0 Å². The van der Waals surface area contributed by atoms with E-state index in [-0.39, 0.29) is 53.0 Å². The highest BCUT2D eigenvalue weighted by molar-refractivity contribution is 6.99. The Balaban J connectivity index is 1.14. The average Bonchev–Trinajstić information content (AvgIpc) is 1.31. The summed E-state index contributed by atoms with van der Waals surface area (Å²) in [4.78, 5) is 13.3. The summed E-state index contributed by atoms with van der Waals surface area (Å²) in [5.41, 5.74) is 5.12. The molecule has 15 nitrogen and oxygen atoms in total. The van der Waals surface area contributed by atoms with E-state index in [9.17, 15) is 15.0 Å². The van der Waals surface area contributed by atoms with Crippen molar-refractivity contribution in [1.29, 1.82) is 0 Å². The molecule has 2 N–H and O–H groups in total. The lowest BCUT2D eigenvalue weighted by Crippen LogP contribution is -2.69. The van der Waals surface area contributed by atoms with Crippen molar-refractivity contribution in [3.8, 4) is 0 Å². The minimum Gasteiger partial charge on any atom is -0.467 e. The van der Waals surface area contributed by atoms with Crippen LogP contribution in [-0.2, 0) is 101 Å². The van der Waals surface area contributed by atoms with E-state index in [1.165, 1.54) is 0 Å². The Morgan fingerprint density at radius 2 is 0.867 bits per heavy atom. The number of aliphatic hydroxyl groups excluding tert-OH is 2. The molecule has 0 aliphatic carbocycles. The number of hydrogen-bond acceptors (Lipinski definition) is 15. The van der Waals surface area contributed by atoms with Crippen molar-refractivity contribution in [2.24, 2.45) is 0 Å². The highest BCUT2D eigenvalue weighted by Crippen LogP contribution is 2.44. The van der Waals surface area contributed by atoms with Gasteiger partial charge >= 0.3 is 5.97 Å². The van der Waals surface area contributed by atoms with Crippen LogP contribution in [0.1, 0.15) is 54.2 Å². The number of carbonyl (C=O) groups excluding carboxylic acids is 1. The summed E-state index contributed by atoms with van der Waals surface area (Å²) >= 11 is 0. The molecule has 0 amide bonds. The fraction of sp³-hybridized carbons (Fsp3) is 0.338. The van der Waals surface area contributed by atoms with Crippen LogP contribution in [0, 0.1) is 0 Å². The zero-order valence-corrected chi connectivity index (χ0v) is 52.4. The van der Waals surface area contributed by atoms with E-state index in [4.69, 9.17) is 56.5 Å². The van der Waals surface area contributed by atoms with Gasteiger partial charge in [0.1, 0.15) is 62.2 Å². The zero-order valence-electron chi connectivity index (χ0n) is 51.4. The minimum atomic E-state index is -3.32. The first-order valence-corrected chi connectivity index (χ1v) is 32.5. The SMILES string of the molecule is COC(=O)[C@H](O)[C@H](O)[C@H]1O[C@@](COCOCc2ccccc2)(O[C@H]2O[C@H](CO[Si](c3ccccc3)(c3ccccc3)C(C)(C)C)[C@@H](OCc3ccccc3)[C@H](OCc3ccccc3)[C@H]2OCc2ccccc2)[C@@H](OCc2ccccc2)[C@@H]1OCc1ccccc1. The quantitative estimate of drug-likeness (QED) is 0.0182. The molecule has 0 radical (unpaired) electrons. The highest BCUT2D eigenvalue weighted by atomic mass is 28.4. The third-order valence-electron chi connectivity index (χ3n) is 16.3. The molecule has 2 aliphatic rings. The van der Waals surface area contributed by atoms with E-state index in [1.54, 1.807) is 0 Å². The van der Waals surface area contributed by atoms with Gasteiger partial charge in [0.05, 0.1) is 53.4 Å². The number of carbonyl (C=O) groups is 1. The Morgan fingerprint density at radius 1 is 0.489 bits per heavy atom. The first kappa shape index (κ1) is 65.9. The summed E-state index contributed by atoms with van der Waals surface area (Å²) < 4.78 is 83.8. The van der Waals surface area contributed by atoms with Crippen LogP contribution in [0.4, 0.5) is 0 Å². The molecular formula is C74H82O15Si. The van der Waals surface area contributed by atoms with E-state index in [1.807, 2.05) is 218 Å². The lowest BCUT2D eigenvalue weighted by atomic mass is 9.96. The van der Waals surface area contributed by atoms with Gasteiger partial charge in [-0.2, -0.15) is 0 Å². The van der Waals surface area contributed by atoms with Crippen LogP contribution < -0.4 is 10.4 Å². The van der Waals surface area contributed by atoms with Gasteiger partial charge in [-0.25, -0.2) is 4.79 Å². The summed E-state index contributed by atoms with van der Waals surface area (Å²) in [5, 5.41) is 25.8. The second-order valence-electron chi connectivity index (χ2n) is 23.6. The molecule has 2 heterocycles. The van der Waals surface area contributed by atoms with Crippen LogP contribution >= 0.6 is 0 Å². The smallest absolute Gasteiger partial charge is 0.337 e. The Hall–Kier alpha value is -7.07. The number of esters is 1. The predicted molar refractivity (Wildman–Crippen MR) is 342 cm³/mol. The molecule has 16 heteroatoms. The Labute approximate surface area is 529 Å². The summed E-state index contributed by atoms with van der Waals surface area (Å²) in [6, 6.07) is 78.9. The van der Waals surface area contributed by atoms with E-state index < -0.39 is 92.9 Å². The molecule has 2 fully saturated rings. The lowest BCUT2D eigenvalue weighted by molar-refractivity contribution is -0.400. The maximum Gasteiger partial charge on any atom is 0.337 e. The largest absolute Gasteiger partial charge is 0.467 e. The molecule has 0 unspecified atom stereocenters. The van der Waals surface area contributed by atoms with E-state index in [0.29, 0.717) is 0 Å². The topological polar surface area (TPSA) is 168 Å². The van der Waals surface area contributed by atoms with Crippen molar-refractivity contribution in [1.82, 2.24) is 0 Å². The molecule has 0 bridgehead atoms. The van der Waals surface area contributed by atoms with Crippen LogP contribution in [-0.4, -0.2) is 119 Å². The molecule has 90 heavy (non-hydrogen) atoms. The molecule has 8 aromatic carbocycles. The van der Waals surface area contributed by atoms with Crippen molar-refractivity contribution in [3.63, 3.8) is 0 Å². The molecule has 0 aromatic heterocycles. The molecule has 2 aliphatic heterocycles. The molecule has 11 atom stereocenters. The number of benzene rings is 8. The Bertz CT molecular complexity index is 3300. The maximum absolute atomic E-state index is 13.3. The summed E-state index contributed by atoms with van der Waals surface area (Å²) in [6.07, 6.45) is -13.8. The van der Waals surface area contributed by atoms with E-state index >= 15 is 0 Å². The number of rotatable bonds is 31. The van der Waals surface area contributed by atoms with Crippen LogP contribution in [0.25, 0.3) is 0 Å². The minimum absolute atomic E-state index is 0.0189. The van der Waals surface area contributed by atoms with Gasteiger partial charge < -0.3 is 66.7 Å². The van der Waals surface area contributed by atoms with Gasteiger partial charge in [0.25, 0.3) is 8.32 Å². The molecule has 2 saturated heterocycles. The number of ether oxygens (including phenoxy) is 11. The molecule has 10 rings (SSSR count). The number of aliphatic hydroxyl groups is 2. The highest BCUT2D eigenvalue weighted by Gasteiger charge is 2.64. The van der Waals surface area contributed by atoms with Crippen LogP contribution in [0.5, 0.6) is 0 Å². The van der Waals surface area contributed by atoms with Crippen LogP contribution in [0.15, 0.2) is 243 Å². The average molecular weight is 1240 g/mol. The molecular weight excluding hydrogens is 1160 g/mol. The molecule has 8 aromatic rings. The third-order valence-corrected chi connectivity index (χ3v) is 21.3. The van der Waals surface area contributed by atoms with Gasteiger partial charge in [-0.05, 0) is 48.8 Å². The maximum atomic E-state index is 13.3. The van der Waals surface area contributed by atoms with Crippen LogP contribution in [0.3, 0.4) is 0 Å². The van der Waals surface area contributed by atoms with Crippen molar-refractivity contribution in [3.05, 3.63) is 276 Å². The molecule has 0 saturated carbocycles. The van der Waals surface area contributed by atoms with Crippen molar-refractivity contribution in [2.45, 2.75) is 132 Å². The first-order valence-electron chi connectivity index (χ1n) is 30.6. The van der Waals surface area contributed by atoms with Crippen molar-refractivity contribution < 1.29 is 71.5 Å². The second kappa shape index (κ2) is 32.3. The predicted octanol–water partition coefficient (Wildman–Crippen LogP) is 10.4. The second-order valence-corrected chi connectivity index (χ2v) is 27.9. The standard InChI is InChI=1S/C74H82O15Si/c1-73(2,3)90(60-41-25-11-26-42-60,61-43-27-12-28-44-61)86-51-62-65(81-46-55-31-15-6-16-32-55)67(82-47-56-33-17-7-18-34-56)69(84-49-58-37-21-9-22-38-58)72(87-62)89-74(52-80-53-79-45-54-29-13-5-14-30-54)70(85-50-59-39-23-10-24-40-59)68(83-48-57-35-19-8-20-36-57)66(88-74)63(75)64(76)71(77)78-4/h5-44,62-70,72,75-76H,45-53H2,1-4H3/t62-,63+,64-,65-,66-,67+,68-,69-,70+,72-,74+/m1/s1. The first-order chi connectivity index (χ1) is 43.9. The summed E-state index contributed by atoms with van der Waals surface area (Å²) in [7, 11) is -2.20. The fourth-order valence-electron chi connectivity index (χ4n) is 11.8. The van der Waals surface area contributed by atoms with E-state index in [0.717, 1.165) is 50.9 Å². The van der Waals surface area contributed by atoms with Crippen molar-refractivity contribution >= 4 is 24.7 Å². The van der Waals surface area contributed by atoms with Gasteiger partial charge in [0.2, 0.25) is 5.79 Å². The molecule has 472 valence electrons. The zero-order chi connectivity index (χ0) is 62.6.